The highest BCUT2D eigenvalue weighted by atomic mass is 35.5. The number of nitrogens with one attached hydrogen (secondary N) is 2. The molecule has 2 N–H and O–H groups in total. The van der Waals surface area contributed by atoms with Gasteiger partial charge in [-0.1, -0.05) is 17.7 Å². The minimum atomic E-state index is -0.388. The van der Waals surface area contributed by atoms with E-state index in [0.29, 0.717) is 41.4 Å². The largest absolute Gasteiger partial charge is 0.378 e. The van der Waals surface area contributed by atoms with Crippen molar-refractivity contribution < 1.29 is 9.53 Å². The Labute approximate surface area is 163 Å². The van der Waals surface area contributed by atoms with Gasteiger partial charge in [-0.2, -0.15) is 4.98 Å². The molecule has 3 rings (SSSR count). The van der Waals surface area contributed by atoms with Crippen LogP contribution in [0.3, 0.4) is 0 Å². The van der Waals surface area contributed by atoms with Crippen molar-refractivity contribution in [1.82, 2.24) is 9.97 Å². The normalized spacial score (nSPS) is 14.0. The molecule has 144 valence electrons. The van der Waals surface area contributed by atoms with E-state index in [2.05, 4.69) is 25.5 Å². The van der Waals surface area contributed by atoms with Gasteiger partial charge in [0.05, 0.1) is 19.4 Å². The Balaban J connectivity index is 1.74. The maximum atomic E-state index is 12.4. The number of aromatic nitrogens is 2. The van der Waals surface area contributed by atoms with E-state index in [9.17, 15) is 4.79 Å². The molecule has 0 spiro atoms. The fourth-order valence-corrected chi connectivity index (χ4v) is 2.84. The van der Waals surface area contributed by atoms with Crippen LogP contribution >= 0.6 is 11.6 Å². The fraction of sp³-hybridized carbons (Fsp3) is 0.389. The van der Waals surface area contributed by atoms with Crippen molar-refractivity contribution >= 4 is 40.8 Å². The van der Waals surface area contributed by atoms with Crippen LogP contribution in [0.2, 0.25) is 5.02 Å². The van der Waals surface area contributed by atoms with E-state index >= 15 is 0 Å². The van der Waals surface area contributed by atoms with Gasteiger partial charge >= 0.3 is 6.03 Å². The first-order chi connectivity index (χ1) is 12.9. The SMILES string of the molecule is Cc1ccc(NC(=O)Nc2cnc(N3CCOCC3)nc2N(C)C)cc1Cl. The molecular formula is C18H23ClN6O2. The number of hydrogen-bond donors (Lipinski definition) is 2. The fourth-order valence-electron chi connectivity index (χ4n) is 2.66. The van der Waals surface area contributed by atoms with Crippen LogP contribution in [0, 0.1) is 6.92 Å². The molecule has 1 aliphatic rings. The number of benzene rings is 1. The molecule has 2 heterocycles. The maximum Gasteiger partial charge on any atom is 0.323 e. The van der Waals surface area contributed by atoms with Crippen LogP contribution in [0.5, 0.6) is 0 Å². The van der Waals surface area contributed by atoms with Gasteiger partial charge in [0.25, 0.3) is 0 Å². The first-order valence-corrected chi connectivity index (χ1v) is 9.03. The molecule has 0 saturated carbocycles. The van der Waals surface area contributed by atoms with E-state index in [0.717, 1.165) is 18.7 Å². The summed E-state index contributed by atoms with van der Waals surface area (Å²) in [5.41, 5.74) is 2.08. The smallest absolute Gasteiger partial charge is 0.323 e. The van der Waals surface area contributed by atoms with E-state index in [1.54, 1.807) is 18.3 Å². The van der Waals surface area contributed by atoms with Gasteiger partial charge in [0, 0.05) is 37.9 Å². The number of rotatable bonds is 4. The quantitative estimate of drug-likeness (QED) is 0.835. The van der Waals surface area contributed by atoms with Gasteiger partial charge in [-0.15, -0.1) is 0 Å². The third-order valence-electron chi connectivity index (χ3n) is 4.15. The van der Waals surface area contributed by atoms with Crippen LogP contribution in [0.25, 0.3) is 0 Å². The molecule has 2 amide bonds. The highest BCUT2D eigenvalue weighted by Gasteiger charge is 2.18. The number of carbonyl (C=O) groups excluding carboxylic acids is 1. The zero-order chi connectivity index (χ0) is 19.4. The minimum Gasteiger partial charge on any atom is -0.378 e. The molecule has 0 atom stereocenters. The van der Waals surface area contributed by atoms with Crippen molar-refractivity contribution in [3.8, 4) is 0 Å². The number of urea groups is 1. The van der Waals surface area contributed by atoms with Crippen LogP contribution in [0.1, 0.15) is 5.56 Å². The lowest BCUT2D eigenvalue weighted by atomic mass is 10.2. The third-order valence-corrected chi connectivity index (χ3v) is 4.56. The Hall–Kier alpha value is -2.58. The number of carbonyl (C=O) groups is 1. The Morgan fingerprint density at radius 1 is 1.26 bits per heavy atom. The summed E-state index contributed by atoms with van der Waals surface area (Å²) < 4.78 is 5.37. The molecular weight excluding hydrogens is 368 g/mol. The number of aryl methyl sites for hydroxylation is 1. The molecule has 1 aromatic heterocycles. The van der Waals surface area contributed by atoms with Gasteiger partial charge in [-0.25, -0.2) is 9.78 Å². The topological polar surface area (TPSA) is 82.6 Å². The van der Waals surface area contributed by atoms with Gasteiger partial charge in [-0.05, 0) is 24.6 Å². The summed E-state index contributed by atoms with van der Waals surface area (Å²) in [6, 6.07) is 4.97. The van der Waals surface area contributed by atoms with E-state index < -0.39 is 0 Å². The average molecular weight is 391 g/mol. The third kappa shape index (κ3) is 4.78. The van der Waals surface area contributed by atoms with Gasteiger partial charge in [-0.3, -0.25) is 0 Å². The number of ether oxygens (including phenoxy) is 1. The first-order valence-electron chi connectivity index (χ1n) is 8.65. The summed E-state index contributed by atoms with van der Waals surface area (Å²) in [4.78, 5) is 25.3. The lowest BCUT2D eigenvalue weighted by molar-refractivity contribution is 0.122. The Kier molecular flexibility index (Phi) is 5.98. The van der Waals surface area contributed by atoms with Crippen LogP contribution in [-0.4, -0.2) is 56.4 Å². The zero-order valence-electron chi connectivity index (χ0n) is 15.6. The van der Waals surface area contributed by atoms with E-state index in [-0.39, 0.29) is 6.03 Å². The number of amides is 2. The molecule has 8 nitrogen and oxygen atoms in total. The summed E-state index contributed by atoms with van der Waals surface area (Å²) in [6.07, 6.45) is 1.62. The lowest BCUT2D eigenvalue weighted by Crippen LogP contribution is -2.37. The van der Waals surface area contributed by atoms with Gasteiger partial charge in [0.1, 0.15) is 5.69 Å². The first kappa shape index (κ1) is 19.2. The summed E-state index contributed by atoms with van der Waals surface area (Å²) in [5.74, 6) is 1.25. The summed E-state index contributed by atoms with van der Waals surface area (Å²) in [6.45, 7) is 4.70. The second-order valence-electron chi connectivity index (χ2n) is 6.44. The highest BCUT2D eigenvalue weighted by molar-refractivity contribution is 6.31. The molecule has 0 aliphatic carbocycles. The van der Waals surface area contributed by atoms with Crippen molar-refractivity contribution in [3.63, 3.8) is 0 Å². The summed E-state index contributed by atoms with van der Waals surface area (Å²) in [5, 5.41) is 6.17. The average Bonchev–Trinajstić information content (AvgIpc) is 2.65. The molecule has 27 heavy (non-hydrogen) atoms. The highest BCUT2D eigenvalue weighted by Crippen LogP contribution is 2.25. The van der Waals surface area contributed by atoms with Crippen molar-refractivity contribution in [2.45, 2.75) is 6.92 Å². The van der Waals surface area contributed by atoms with Crippen molar-refractivity contribution in [1.29, 1.82) is 0 Å². The maximum absolute atomic E-state index is 12.4. The Morgan fingerprint density at radius 2 is 2.00 bits per heavy atom. The molecule has 0 bridgehead atoms. The zero-order valence-corrected chi connectivity index (χ0v) is 16.4. The second-order valence-corrected chi connectivity index (χ2v) is 6.85. The standard InChI is InChI=1S/C18H23ClN6O2/c1-12-4-5-13(10-14(12)19)21-18(26)22-15-11-20-17(23-16(15)24(2)3)25-6-8-27-9-7-25/h4-5,10-11H,6-9H2,1-3H3,(H2,21,22,26). The van der Waals surface area contributed by atoms with Crippen LogP contribution in [0.4, 0.5) is 27.9 Å². The van der Waals surface area contributed by atoms with Crippen molar-refractivity contribution in [3.05, 3.63) is 35.0 Å². The van der Waals surface area contributed by atoms with Gasteiger partial charge < -0.3 is 25.2 Å². The molecule has 1 aromatic carbocycles. The monoisotopic (exact) mass is 390 g/mol. The van der Waals surface area contributed by atoms with Crippen LogP contribution < -0.4 is 20.4 Å². The Bertz CT molecular complexity index is 823. The molecule has 0 radical (unpaired) electrons. The van der Waals surface area contributed by atoms with Crippen LogP contribution in [0.15, 0.2) is 24.4 Å². The summed E-state index contributed by atoms with van der Waals surface area (Å²) in [7, 11) is 3.74. The predicted molar refractivity (Wildman–Crippen MR) is 108 cm³/mol. The molecule has 1 fully saturated rings. The lowest BCUT2D eigenvalue weighted by Gasteiger charge is -2.28. The second kappa shape index (κ2) is 8.41. The van der Waals surface area contributed by atoms with E-state index in [1.807, 2.05) is 32.0 Å². The van der Waals surface area contributed by atoms with Crippen molar-refractivity contribution in [2.24, 2.45) is 0 Å². The minimum absolute atomic E-state index is 0.388. The van der Waals surface area contributed by atoms with Gasteiger partial charge in [0.2, 0.25) is 5.95 Å². The molecule has 1 saturated heterocycles. The molecule has 9 heteroatoms. The van der Waals surface area contributed by atoms with Gasteiger partial charge in [0.15, 0.2) is 5.82 Å². The van der Waals surface area contributed by atoms with Crippen molar-refractivity contribution in [2.75, 3.05) is 60.8 Å². The summed E-state index contributed by atoms with van der Waals surface area (Å²) >= 11 is 6.10. The molecule has 0 unspecified atom stereocenters. The van der Waals surface area contributed by atoms with E-state index in [4.69, 9.17) is 16.3 Å². The predicted octanol–water partition coefficient (Wildman–Crippen LogP) is 2.99. The molecule has 2 aromatic rings. The van der Waals surface area contributed by atoms with E-state index in [1.165, 1.54) is 0 Å². The number of halogens is 1. The number of hydrogen-bond acceptors (Lipinski definition) is 6. The Morgan fingerprint density at radius 3 is 2.67 bits per heavy atom. The number of morpholine rings is 1. The van der Waals surface area contributed by atoms with Crippen LogP contribution in [-0.2, 0) is 4.74 Å². The number of anilines is 4. The molecule has 1 aliphatic heterocycles. The number of nitrogens with zero attached hydrogens (tertiary/aromatic N) is 4.